The minimum Gasteiger partial charge on any atom is -0.496 e. The van der Waals surface area contributed by atoms with Gasteiger partial charge in [-0.05, 0) is 87.4 Å². The van der Waals surface area contributed by atoms with Crippen LogP contribution in [0.2, 0.25) is 5.02 Å². The SMILES string of the molecule is CCN(CC)C(=O)C1=C(C)N=c2s/c(=C/c3cc(C)n(-c4ccc(F)c(Cl)c4)c3C)c(=O)n2[C@@H]1c1c(OC)ccc2ccccc12. The van der Waals surface area contributed by atoms with E-state index in [9.17, 15) is 14.0 Å². The van der Waals surface area contributed by atoms with Crippen LogP contribution >= 0.6 is 22.9 Å². The summed E-state index contributed by atoms with van der Waals surface area (Å²) in [6.45, 7) is 10.6. The molecule has 1 amide bonds. The Labute approximate surface area is 275 Å². The molecule has 1 aliphatic heterocycles. The third-order valence-electron chi connectivity index (χ3n) is 8.65. The van der Waals surface area contributed by atoms with Crippen molar-refractivity contribution in [2.24, 2.45) is 4.99 Å². The first-order valence-electron chi connectivity index (χ1n) is 15.1. The Bertz CT molecular complexity index is 2240. The van der Waals surface area contributed by atoms with Crippen molar-refractivity contribution in [3.8, 4) is 11.4 Å². The largest absolute Gasteiger partial charge is 0.496 e. The molecule has 0 spiro atoms. The van der Waals surface area contributed by atoms with Crippen LogP contribution in [-0.2, 0) is 4.79 Å². The fourth-order valence-corrected chi connectivity index (χ4v) is 7.59. The van der Waals surface area contributed by atoms with Gasteiger partial charge in [0.15, 0.2) is 4.80 Å². The summed E-state index contributed by atoms with van der Waals surface area (Å²) < 4.78 is 23.9. The molecule has 0 aliphatic carbocycles. The van der Waals surface area contributed by atoms with E-state index in [1.807, 2.05) is 87.7 Å². The van der Waals surface area contributed by atoms with Crippen molar-refractivity contribution < 1.29 is 13.9 Å². The first kappa shape index (κ1) is 31.5. The van der Waals surface area contributed by atoms with Gasteiger partial charge in [-0.3, -0.25) is 14.2 Å². The van der Waals surface area contributed by atoms with Gasteiger partial charge in [0.2, 0.25) is 0 Å². The number of likely N-dealkylation sites (N-methyl/N-ethyl adjacent to an activating group) is 1. The van der Waals surface area contributed by atoms with Gasteiger partial charge in [0, 0.05) is 35.7 Å². The van der Waals surface area contributed by atoms with Crippen LogP contribution in [0.15, 0.2) is 81.7 Å². The normalized spacial score (nSPS) is 14.9. The van der Waals surface area contributed by atoms with Gasteiger partial charge < -0.3 is 14.2 Å². The number of hydrogen-bond acceptors (Lipinski definition) is 5. The molecule has 0 bridgehead atoms. The summed E-state index contributed by atoms with van der Waals surface area (Å²) in [6.07, 6.45) is 1.86. The van der Waals surface area contributed by atoms with Crippen LogP contribution in [0.3, 0.4) is 0 Å². The molecule has 0 radical (unpaired) electrons. The van der Waals surface area contributed by atoms with E-state index >= 15 is 0 Å². The van der Waals surface area contributed by atoms with Gasteiger partial charge in [-0.2, -0.15) is 0 Å². The van der Waals surface area contributed by atoms with Crippen LogP contribution < -0.4 is 19.6 Å². The fourth-order valence-electron chi connectivity index (χ4n) is 6.38. The maximum absolute atomic E-state index is 14.5. The number of halogens is 2. The predicted octanol–water partition coefficient (Wildman–Crippen LogP) is 6.47. The molecule has 7 nitrogen and oxygen atoms in total. The maximum atomic E-state index is 14.5. The first-order valence-corrected chi connectivity index (χ1v) is 16.3. The second-order valence-corrected chi connectivity index (χ2v) is 12.6. The number of amides is 1. The zero-order valence-corrected chi connectivity index (χ0v) is 28.1. The number of carbonyl (C=O) groups is 1. The highest BCUT2D eigenvalue weighted by Crippen LogP contribution is 2.40. The molecule has 0 unspecified atom stereocenters. The Morgan fingerprint density at radius 1 is 1.09 bits per heavy atom. The molecule has 2 aromatic heterocycles. The summed E-state index contributed by atoms with van der Waals surface area (Å²) in [5.74, 6) is -0.0675. The van der Waals surface area contributed by atoms with Crippen molar-refractivity contribution in [1.29, 1.82) is 0 Å². The Balaban J connectivity index is 1.61. The number of allylic oxidation sites excluding steroid dienone is 1. The number of methoxy groups -OCH3 is 1. The van der Waals surface area contributed by atoms with E-state index in [4.69, 9.17) is 21.3 Å². The molecule has 3 heterocycles. The third-order valence-corrected chi connectivity index (χ3v) is 9.92. The van der Waals surface area contributed by atoms with Crippen molar-refractivity contribution >= 4 is 45.7 Å². The minimum absolute atomic E-state index is 0.0363. The molecule has 0 saturated heterocycles. The first-order chi connectivity index (χ1) is 22.1. The molecule has 5 aromatic rings. The van der Waals surface area contributed by atoms with Gasteiger partial charge >= 0.3 is 0 Å². The van der Waals surface area contributed by atoms with E-state index < -0.39 is 11.9 Å². The van der Waals surface area contributed by atoms with Gasteiger partial charge in [0.25, 0.3) is 11.5 Å². The summed E-state index contributed by atoms with van der Waals surface area (Å²) >= 11 is 7.38. The molecular formula is C36H34ClFN4O3S. The van der Waals surface area contributed by atoms with Crippen LogP contribution in [0.5, 0.6) is 5.75 Å². The highest BCUT2D eigenvalue weighted by molar-refractivity contribution is 7.07. The van der Waals surface area contributed by atoms with Crippen molar-refractivity contribution in [2.45, 2.75) is 40.7 Å². The van der Waals surface area contributed by atoms with E-state index in [2.05, 4.69) is 0 Å². The lowest BCUT2D eigenvalue weighted by Gasteiger charge is -2.30. The highest BCUT2D eigenvalue weighted by atomic mass is 35.5. The predicted molar refractivity (Wildman–Crippen MR) is 182 cm³/mol. The summed E-state index contributed by atoms with van der Waals surface area (Å²) in [5, 5.41) is 1.90. The molecule has 1 atom stereocenters. The second kappa shape index (κ2) is 12.4. The third kappa shape index (κ3) is 5.17. The van der Waals surface area contributed by atoms with Crippen molar-refractivity contribution in [1.82, 2.24) is 14.0 Å². The van der Waals surface area contributed by atoms with E-state index in [0.29, 0.717) is 39.4 Å². The molecule has 10 heteroatoms. The van der Waals surface area contributed by atoms with Gasteiger partial charge in [-0.15, -0.1) is 0 Å². The van der Waals surface area contributed by atoms with Gasteiger partial charge in [0.05, 0.1) is 27.9 Å². The number of benzene rings is 3. The summed E-state index contributed by atoms with van der Waals surface area (Å²) in [5.41, 5.74) is 4.82. The van der Waals surface area contributed by atoms with Crippen LogP contribution in [0.1, 0.15) is 49.3 Å². The summed E-state index contributed by atoms with van der Waals surface area (Å²) in [6, 6.07) is 17.6. The van der Waals surface area contributed by atoms with Gasteiger partial charge in [-0.1, -0.05) is 53.3 Å². The Hall–Kier alpha value is -4.47. The number of rotatable bonds is 7. The number of aromatic nitrogens is 2. The highest BCUT2D eigenvalue weighted by Gasteiger charge is 2.36. The molecule has 0 fully saturated rings. The molecule has 236 valence electrons. The zero-order valence-electron chi connectivity index (χ0n) is 26.5. The number of hydrogen-bond donors (Lipinski definition) is 0. The van der Waals surface area contributed by atoms with Gasteiger partial charge in [-0.25, -0.2) is 9.38 Å². The van der Waals surface area contributed by atoms with Crippen molar-refractivity contribution in [3.63, 3.8) is 0 Å². The number of ether oxygens (including phenoxy) is 1. The number of carbonyl (C=O) groups excluding carboxylic acids is 1. The average molecular weight is 657 g/mol. The molecule has 46 heavy (non-hydrogen) atoms. The number of aryl methyl sites for hydroxylation is 1. The molecule has 6 rings (SSSR count). The number of fused-ring (bicyclic) bond motifs is 2. The summed E-state index contributed by atoms with van der Waals surface area (Å²) in [4.78, 5) is 35.8. The Morgan fingerprint density at radius 3 is 2.52 bits per heavy atom. The van der Waals surface area contributed by atoms with Crippen LogP contribution in [0, 0.1) is 19.7 Å². The monoisotopic (exact) mass is 656 g/mol. The molecule has 1 aliphatic rings. The van der Waals surface area contributed by atoms with E-state index in [-0.39, 0.29) is 16.5 Å². The zero-order chi connectivity index (χ0) is 32.9. The number of thiazole rings is 1. The molecular weight excluding hydrogens is 623 g/mol. The topological polar surface area (TPSA) is 68.8 Å². The van der Waals surface area contributed by atoms with Crippen LogP contribution in [0.4, 0.5) is 4.39 Å². The Morgan fingerprint density at radius 2 is 1.83 bits per heavy atom. The summed E-state index contributed by atoms with van der Waals surface area (Å²) in [7, 11) is 1.60. The van der Waals surface area contributed by atoms with Gasteiger partial charge in [0.1, 0.15) is 17.6 Å². The lowest BCUT2D eigenvalue weighted by molar-refractivity contribution is -0.127. The van der Waals surface area contributed by atoms with Crippen LogP contribution in [-0.4, -0.2) is 40.1 Å². The molecule has 3 aromatic carbocycles. The van der Waals surface area contributed by atoms with E-state index in [0.717, 1.165) is 39.0 Å². The molecule has 0 N–H and O–H groups in total. The van der Waals surface area contributed by atoms with Crippen molar-refractivity contribution in [3.05, 3.63) is 125 Å². The molecule has 0 saturated carbocycles. The Kier molecular flexibility index (Phi) is 8.48. The minimum atomic E-state index is -0.763. The maximum Gasteiger partial charge on any atom is 0.271 e. The lowest BCUT2D eigenvalue weighted by Crippen LogP contribution is -2.43. The van der Waals surface area contributed by atoms with Crippen LogP contribution in [0.25, 0.3) is 22.5 Å². The van der Waals surface area contributed by atoms with E-state index in [1.54, 1.807) is 28.7 Å². The fraction of sp³-hybridized carbons (Fsp3) is 0.250. The number of nitrogens with zero attached hydrogens (tertiary/aromatic N) is 4. The smallest absolute Gasteiger partial charge is 0.271 e. The standard InChI is InChI=1S/C36H34ClFN4O3S/c1-7-40(8-2)35(44)31-21(4)39-36-42(33(31)32-26-12-10-9-11-23(26)13-16-29(32)45-6)34(43)30(46-36)18-24-17-20(3)41(22(24)5)25-14-15-28(38)27(37)19-25/h9-19,33H,7-8H2,1-6H3/b30-18+/t33-/m0/s1. The lowest BCUT2D eigenvalue weighted by atomic mass is 9.90. The van der Waals surface area contributed by atoms with Crippen molar-refractivity contribution in [2.75, 3.05) is 20.2 Å². The quantitative estimate of drug-likeness (QED) is 0.202. The van der Waals surface area contributed by atoms with E-state index in [1.165, 1.54) is 17.4 Å². The average Bonchev–Trinajstić information content (AvgIpc) is 3.50. The second-order valence-electron chi connectivity index (χ2n) is 11.2.